The summed E-state index contributed by atoms with van der Waals surface area (Å²) in [5, 5.41) is 0. The third-order valence-electron chi connectivity index (χ3n) is 6.85. The Hall–Kier alpha value is -3.13. The van der Waals surface area contributed by atoms with Crippen molar-refractivity contribution >= 4 is 7.82 Å². The molecule has 220 valence electrons. The molecule has 1 aliphatic heterocycles. The highest BCUT2D eigenvalue weighted by Crippen LogP contribution is 2.53. The first-order chi connectivity index (χ1) is 20.6. The number of ether oxygens (including phenoxy) is 3. The number of hydrogen-bond acceptors (Lipinski definition) is 7. The summed E-state index contributed by atoms with van der Waals surface area (Å²) < 4.78 is 51.1. The molecule has 0 aliphatic carbocycles. The van der Waals surface area contributed by atoms with Gasteiger partial charge in [-0.15, -0.1) is 0 Å². The van der Waals surface area contributed by atoms with Gasteiger partial charge in [-0.05, 0) is 29.2 Å². The number of hydrogen-bond donors (Lipinski definition) is 0. The molecule has 4 aromatic rings. The van der Waals surface area contributed by atoms with Gasteiger partial charge in [-0.25, -0.2) is 4.57 Å². The van der Waals surface area contributed by atoms with E-state index in [2.05, 4.69) is 0 Å². The minimum atomic E-state index is -4.14. The maximum absolute atomic E-state index is 14.2. The maximum atomic E-state index is 14.2. The fourth-order valence-electron chi connectivity index (χ4n) is 4.66. The van der Waals surface area contributed by atoms with Gasteiger partial charge in [0.2, 0.25) is 0 Å². The molecule has 0 saturated carbocycles. The molecule has 7 nitrogen and oxygen atoms in total. The summed E-state index contributed by atoms with van der Waals surface area (Å²) in [5.74, 6) is 0. The Balaban J connectivity index is 1.36. The molecule has 8 heteroatoms. The Morgan fingerprint density at radius 2 is 1.02 bits per heavy atom. The molecule has 5 rings (SSSR count). The van der Waals surface area contributed by atoms with E-state index in [-0.39, 0.29) is 25.4 Å². The van der Waals surface area contributed by atoms with Crippen LogP contribution in [0.4, 0.5) is 0 Å². The number of phosphoric ester groups is 1. The molecular formula is C34H37O7P. The van der Waals surface area contributed by atoms with E-state index in [4.69, 9.17) is 27.8 Å². The van der Waals surface area contributed by atoms with Gasteiger partial charge in [0.1, 0.15) is 6.10 Å². The van der Waals surface area contributed by atoms with Crippen molar-refractivity contribution in [2.75, 3.05) is 0 Å². The number of phosphoric acid groups is 1. The van der Waals surface area contributed by atoms with Crippen LogP contribution in [0.1, 0.15) is 35.6 Å². The van der Waals surface area contributed by atoms with Crippen LogP contribution < -0.4 is 0 Å². The molecule has 42 heavy (non-hydrogen) atoms. The number of benzene rings is 4. The quantitative estimate of drug-likeness (QED) is 0.139. The molecule has 0 N–H and O–H groups in total. The zero-order chi connectivity index (χ0) is 29.0. The summed E-state index contributed by atoms with van der Waals surface area (Å²) in [6, 6.07) is 38.7. The molecule has 1 aliphatic rings. The van der Waals surface area contributed by atoms with E-state index in [9.17, 15) is 4.57 Å². The average Bonchev–Trinajstić information content (AvgIpc) is 3.03. The van der Waals surface area contributed by atoms with E-state index < -0.39 is 20.2 Å². The van der Waals surface area contributed by atoms with Crippen molar-refractivity contribution in [3.8, 4) is 0 Å². The maximum Gasteiger partial charge on any atom is 0.477 e. The predicted octanol–water partition coefficient (Wildman–Crippen LogP) is 7.85. The highest BCUT2D eigenvalue weighted by atomic mass is 31.2. The van der Waals surface area contributed by atoms with Gasteiger partial charge >= 0.3 is 7.82 Å². The van der Waals surface area contributed by atoms with Crippen molar-refractivity contribution in [2.24, 2.45) is 0 Å². The Morgan fingerprint density at radius 1 is 0.619 bits per heavy atom. The average molecular weight is 589 g/mol. The van der Waals surface area contributed by atoms with Crippen LogP contribution in [0.15, 0.2) is 121 Å². The predicted molar refractivity (Wildman–Crippen MR) is 160 cm³/mol. The largest absolute Gasteiger partial charge is 0.477 e. The summed E-state index contributed by atoms with van der Waals surface area (Å²) in [4.78, 5) is 0. The van der Waals surface area contributed by atoms with E-state index in [0.717, 1.165) is 22.3 Å². The van der Waals surface area contributed by atoms with E-state index >= 15 is 0 Å². The van der Waals surface area contributed by atoms with Crippen molar-refractivity contribution in [2.45, 2.75) is 64.4 Å². The summed E-state index contributed by atoms with van der Waals surface area (Å²) in [5.41, 5.74) is 3.70. The van der Waals surface area contributed by atoms with Crippen molar-refractivity contribution in [1.29, 1.82) is 0 Å². The highest BCUT2D eigenvalue weighted by molar-refractivity contribution is 7.48. The van der Waals surface area contributed by atoms with Crippen molar-refractivity contribution in [1.82, 2.24) is 0 Å². The topological polar surface area (TPSA) is 72.5 Å². The van der Waals surface area contributed by atoms with Gasteiger partial charge < -0.3 is 14.2 Å². The second-order valence-electron chi connectivity index (χ2n) is 10.2. The minimum absolute atomic E-state index is 0.0403. The lowest BCUT2D eigenvalue weighted by molar-refractivity contribution is -0.263. The van der Waals surface area contributed by atoms with Gasteiger partial charge in [0, 0.05) is 6.42 Å². The standard InChI is InChI=1S/C34H37O7P/c1-27-22-32(36-23-28-14-6-2-7-15-28)33(37-24-29-16-8-3-9-17-29)34(40-27)41-42(35,38-25-30-18-10-4-11-19-30)39-26-31-20-12-5-13-21-31/h2-21,27,32-34H,22-26H2,1H3/t27-,32+,33-,34?/m1/s1. The van der Waals surface area contributed by atoms with Crippen LogP contribution in [0, 0.1) is 0 Å². The highest BCUT2D eigenvalue weighted by Gasteiger charge is 2.44. The monoisotopic (exact) mass is 588 g/mol. The molecule has 0 spiro atoms. The molecule has 1 heterocycles. The summed E-state index contributed by atoms with van der Waals surface area (Å²) in [7, 11) is -4.14. The minimum Gasteiger partial charge on any atom is -0.371 e. The molecule has 0 radical (unpaired) electrons. The zero-order valence-electron chi connectivity index (χ0n) is 23.7. The van der Waals surface area contributed by atoms with Gasteiger partial charge in [0.15, 0.2) is 6.29 Å². The van der Waals surface area contributed by atoms with Crippen LogP contribution in [0.25, 0.3) is 0 Å². The lowest BCUT2D eigenvalue weighted by atomic mass is 10.0. The van der Waals surface area contributed by atoms with Gasteiger partial charge in [0.05, 0.1) is 38.6 Å². The fraction of sp³-hybridized carbons (Fsp3) is 0.294. The normalized spacial score (nSPS) is 20.8. The van der Waals surface area contributed by atoms with Crippen LogP contribution >= 0.6 is 7.82 Å². The summed E-state index contributed by atoms with van der Waals surface area (Å²) in [6.45, 7) is 2.71. The molecule has 1 fully saturated rings. The van der Waals surface area contributed by atoms with Crippen LogP contribution in [0.5, 0.6) is 0 Å². The van der Waals surface area contributed by atoms with Crippen LogP contribution in [0.2, 0.25) is 0 Å². The summed E-state index contributed by atoms with van der Waals surface area (Å²) in [6.07, 6.45) is -1.82. The molecule has 4 atom stereocenters. The van der Waals surface area contributed by atoms with Crippen molar-refractivity contribution in [3.63, 3.8) is 0 Å². The first-order valence-corrected chi connectivity index (χ1v) is 15.6. The molecule has 1 unspecified atom stereocenters. The lowest BCUT2D eigenvalue weighted by Gasteiger charge is -2.40. The molecule has 0 amide bonds. The molecule has 1 saturated heterocycles. The Morgan fingerprint density at radius 3 is 1.48 bits per heavy atom. The SMILES string of the molecule is C[C@@H]1C[C@H](OCc2ccccc2)[C@@H](OCc2ccccc2)C(OP(=O)(OCc2ccccc2)OCc2ccccc2)O1. The molecule has 0 bridgehead atoms. The Bertz CT molecular complexity index is 1320. The lowest BCUT2D eigenvalue weighted by Crippen LogP contribution is -2.51. The number of rotatable bonds is 14. The van der Waals surface area contributed by atoms with Gasteiger partial charge in [0.25, 0.3) is 0 Å². The second-order valence-corrected chi connectivity index (χ2v) is 11.8. The Kier molecular flexibility index (Phi) is 11.1. The van der Waals surface area contributed by atoms with Crippen LogP contribution in [0.3, 0.4) is 0 Å². The first kappa shape index (κ1) is 30.3. The van der Waals surface area contributed by atoms with Crippen LogP contribution in [-0.2, 0) is 58.8 Å². The van der Waals surface area contributed by atoms with Crippen LogP contribution in [-0.4, -0.2) is 24.6 Å². The molecule has 0 aromatic heterocycles. The van der Waals surface area contributed by atoms with Gasteiger partial charge in [-0.3, -0.25) is 13.6 Å². The van der Waals surface area contributed by atoms with Crippen molar-refractivity contribution < 1.29 is 32.3 Å². The van der Waals surface area contributed by atoms with Gasteiger partial charge in [-0.1, -0.05) is 121 Å². The zero-order valence-corrected chi connectivity index (χ0v) is 24.6. The van der Waals surface area contributed by atoms with E-state index in [1.807, 2.05) is 128 Å². The van der Waals surface area contributed by atoms with E-state index in [1.165, 1.54) is 0 Å². The van der Waals surface area contributed by atoms with E-state index in [0.29, 0.717) is 19.6 Å². The smallest absolute Gasteiger partial charge is 0.371 e. The first-order valence-electron chi connectivity index (χ1n) is 14.2. The fourth-order valence-corrected chi connectivity index (χ4v) is 5.89. The van der Waals surface area contributed by atoms with Gasteiger partial charge in [-0.2, -0.15) is 0 Å². The third-order valence-corrected chi connectivity index (χ3v) is 8.21. The van der Waals surface area contributed by atoms with Crippen molar-refractivity contribution in [3.05, 3.63) is 144 Å². The third kappa shape index (κ3) is 9.18. The molecular weight excluding hydrogens is 551 g/mol. The summed E-state index contributed by atoms with van der Waals surface area (Å²) >= 11 is 0. The van der Waals surface area contributed by atoms with E-state index in [1.54, 1.807) is 0 Å². The second kappa shape index (κ2) is 15.4. The molecule has 4 aromatic carbocycles. The Labute approximate surface area is 247 Å².